The summed E-state index contributed by atoms with van der Waals surface area (Å²) >= 11 is 0. The van der Waals surface area contributed by atoms with Gasteiger partial charge in [-0.25, -0.2) is 0 Å². The van der Waals surface area contributed by atoms with E-state index in [9.17, 15) is 0 Å². The minimum absolute atomic E-state index is 0.142. The summed E-state index contributed by atoms with van der Waals surface area (Å²) in [6.07, 6.45) is 0. The van der Waals surface area contributed by atoms with Gasteiger partial charge in [0.05, 0.1) is 11.1 Å². The third-order valence-corrected chi connectivity index (χ3v) is 14.2. The van der Waals surface area contributed by atoms with Gasteiger partial charge in [-0.3, -0.25) is 0 Å². The summed E-state index contributed by atoms with van der Waals surface area (Å²) in [5.74, 6) is 0.946. The Labute approximate surface area is 357 Å². The van der Waals surface area contributed by atoms with Gasteiger partial charge in [0.25, 0.3) is 0 Å². The average molecular weight is 780 g/mol. The molecule has 3 aliphatic carbocycles. The highest BCUT2D eigenvalue weighted by molar-refractivity contribution is 6.01. The fraction of sp³-hybridized carbons (Fsp3) is 0.0847. The van der Waals surface area contributed by atoms with Crippen molar-refractivity contribution in [3.8, 4) is 61.4 Å². The maximum absolute atomic E-state index is 6.31. The SMILES string of the molecule is CC1(C)c2ccccc2-c2ccc(N(c3ccc(-c4cccc5c4COc4ccccc4-5)cc3)c3cccc4c3-c3ccccc3C43c4ccccc4-c4ccccc43)cc21. The van der Waals surface area contributed by atoms with Crippen LogP contribution >= 0.6 is 0 Å². The Morgan fingerprint density at radius 1 is 0.393 bits per heavy atom. The summed E-state index contributed by atoms with van der Waals surface area (Å²) in [5.41, 5.74) is 24.8. The van der Waals surface area contributed by atoms with Crippen molar-refractivity contribution >= 4 is 17.1 Å². The highest BCUT2D eigenvalue weighted by Gasteiger charge is 2.52. The zero-order chi connectivity index (χ0) is 40.5. The number of anilines is 3. The molecule has 13 rings (SSSR count). The van der Waals surface area contributed by atoms with Crippen molar-refractivity contribution in [1.82, 2.24) is 0 Å². The molecule has 0 saturated heterocycles. The number of ether oxygens (including phenoxy) is 1. The zero-order valence-corrected chi connectivity index (χ0v) is 34.1. The van der Waals surface area contributed by atoms with E-state index in [-0.39, 0.29) is 5.41 Å². The smallest absolute Gasteiger partial charge is 0.127 e. The van der Waals surface area contributed by atoms with Crippen LogP contribution < -0.4 is 9.64 Å². The Bertz CT molecular complexity index is 3250. The lowest BCUT2D eigenvalue weighted by atomic mass is 9.70. The number of rotatable bonds is 4. The predicted molar refractivity (Wildman–Crippen MR) is 250 cm³/mol. The van der Waals surface area contributed by atoms with Crippen LogP contribution in [0.3, 0.4) is 0 Å². The Balaban J connectivity index is 1.04. The van der Waals surface area contributed by atoms with E-state index in [0.717, 1.165) is 22.7 Å². The third-order valence-electron chi connectivity index (χ3n) is 14.2. The van der Waals surface area contributed by atoms with E-state index in [2.05, 4.69) is 213 Å². The second kappa shape index (κ2) is 12.5. The molecule has 61 heavy (non-hydrogen) atoms. The molecule has 0 radical (unpaired) electrons. The lowest BCUT2D eigenvalue weighted by Crippen LogP contribution is -2.26. The summed E-state index contributed by atoms with van der Waals surface area (Å²) in [6.45, 7) is 5.30. The van der Waals surface area contributed by atoms with Crippen LogP contribution in [0, 0.1) is 0 Å². The van der Waals surface area contributed by atoms with Crippen LogP contribution in [0.2, 0.25) is 0 Å². The van der Waals surface area contributed by atoms with E-state index in [0.29, 0.717) is 6.61 Å². The quantitative estimate of drug-likeness (QED) is 0.176. The molecule has 2 nitrogen and oxygen atoms in total. The molecule has 0 saturated carbocycles. The Hall–Kier alpha value is -7.42. The molecule has 1 spiro atoms. The van der Waals surface area contributed by atoms with Gasteiger partial charge < -0.3 is 9.64 Å². The molecule has 0 amide bonds. The number of benzene rings is 9. The minimum atomic E-state index is -0.431. The Morgan fingerprint density at radius 2 is 0.902 bits per heavy atom. The molecule has 2 heteroatoms. The van der Waals surface area contributed by atoms with Crippen LogP contribution in [-0.4, -0.2) is 0 Å². The summed E-state index contributed by atoms with van der Waals surface area (Å²) in [6, 6.07) is 74.6. The van der Waals surface area contributed by atoms with Gasteiger partial charge in [-0.2, -0.15) is 0 Å². The standard InChI is InChI=1S/C59H41NO/c1-58(2)49-22-8-3-15-42(49)45-34-33-39(35-54(45)58)60(38-31-29-37(30-32-38)40-20-13-21-41-46-18-7-12-28-56(46)61-36-48(40)41)55-27-14-26-53-57(55)47-19-6-11-25-52(47)59(53)50-23-9-4-16-43(50)44-17-5-10-24-51(44)59/h3-35H,36H2,1-2H3. The van der Waals surface area contributed by atoms with Gasteiger partial charge in [-0.15, -0.1) is 0 Å². The minimum Gasteiger partial charge on any atom is -0.488 e. The third kappa shape index (κ3) is 4.57. The van der Waals surface area contributed by atoms with Gasteiger partial charge in [0.15, 0.2) is 0 Å². The van der Waals surface area contributed by atoms with E-state index in [1.165, 1.54) is 94.7 Å². The number of para-hydroxylation sites is 1. The van der Waals surface area contributed by atoms with Gasteiger partial charge in [0, 0.05) is 33.5 Å². The lowest BCUT2D eigenvalue weighted by molar-refractivity contribution is 0.303. The highest BCUT2D eigenvalue weighted by atomic mass is 16.5. The zero-order valence-electron chi connectivity index (χ0n) is 34.1. The molecular weight excluding hydrogens is 739 g/mol. The molecule has 288 valence electrons. The maximum atomic E-state index is 6.31. The second-order valence-corrected chi connectivity index (χ2v) is 17.5. The Kier molecular flexibility index (Phi) is 7.09. The van der Waals surface area contributed by atoms with Crippen molar-refractivity contribution in [2.24, 2.45) is 0 Å². The van der Waals surface area contributed by atoms with Crippen molar-refractivity contribution in [2.75, 3.05) is 4.90 Å². The molecule has 1 heterocycles. The molecule has 0 unspecified atom stereocenters. The Morgan fingerprint density at radius 3 is 1.62 bits per heavy atom. The highest BCUT2D eigenvalue weighted by Crippen LogP contribution is 2.65. The van der Waals surface area contributed by atoms with E-state index in [1.54, 1.807) is 0 Å². The van der Waals surface area contributed by atoms with Crippen LogP contribution in [0.1, 0.15) is 52.8 Å². The van der Waals surface area contributed by atoms with Crippen molar-refractivity contribution in [3.63, 3.8) is 0 Å². The largest absolute Gasteiger partial charge is 0.488 e. The number of nitrogens with zero attached hydrogens (tertiary/aromatic N) is 1. The first-order valence-corrected chi connectivity index (χ1v) is 21.5. The molecule has 4 aliphatic rings. The van der Waals surface area contributed by atoms with Crippen molar-refractivity contribution in [3.05, 3.63) is 239 Å². The van der Waals surface area contributed by atoms with Gasteiger partial charge in [0.2, 0.25) is 0 Å². The summed E-state index contributed by atoms with van der Waals surface area (Å²) in [4.78, 5) is 2.52. The van der Waals surface area contributed by atoms with Crippen LogP contribution in [0.5, 0.6) is 5.75 Å². The van der Waals surface area contributed by atoms with E-state index in [4.69, 9.17) is 4.74 Å². The van der Waals surface area contributed by atoms with Gasteiger partial charge in [0.1, 0.15) is 12.4 Å². The average Bonchev–Trinajstić information content (AvgIpc) is 3.88. The molecule has 0 fully saturated rings. The van der Waals surface area contributed by atoms with Crippen LogP contribution in [0.15, 0.2) is 200 Å². The number of fused-ring (bicyclic) bond motifs is 16. The van der Waals surface area contributed by atoms with E-state index >= 15 is 0 Å². The predicted octanol–water partition coefficient (Wildman–Crippen LogP) is 15.0. The maximum Gasteiger partial charge on any atom is 0.127 e. The van der Waals surface area contributed by atoms with Gasteiger partial charge in [-0.1, -0.05) is 178 Å². The second-order valence-electron chi connectivity index (χ2n) is 17.5. The van der Waals surface area contributed by atoms with E-state index < -0.39 is 5.41 Å². The van der Waals surface area contributed by atoms with E-state index in [1.807, 2.05) is 6.07 Å². The monoisotopic (exact) mass is 779 g/mol. The molecule has 0 aromatic heterocycles. The lowest BCUT2D eigenvalue weighted by Gasteiger charge is -2.32. The molecule has 1 aliphatic heterocycles. The first-order valence-electron chi connectivity index (χ1n) is 21.5. The topological polar surface area (TPSA) is 12.5 Å². The van der Waals surface area contributed by atoms with Crippen LogP contribution in [-0.2, 0) is 17.4 Å². The molecular formula is C59H41NO. The molecule has 9 aromatic carbocycles. The summed E-state index contributed by atoms with van der Waals surface area (Å²) in [5, 5.41) is 0. The van der Waals surface area contributed by atoms with Crippen molar-refractivity contribution in [2.45, 2.75) is 31.3 Å². The van der Waals surface area contributed by atoms with Gasteiger partial charge >= 0.3 is 0 Å². The normalized spacial score (nSPS) is 14.7. The van der Waals surface area contributed by atoms with Crippen molar-refractivity contribution < 1.29 is 4.74 Å². The fourth-order valence-electron chi connectivity index (χ4n) is 11.6. The van der Waals surface area contributed by atoms with Crippen molar-refractivity contribution in [1.29, 1.82) is 0 Å². The number of hydrogen-bond donors (Lipinski definition) is 0. The molecule has 0 N–H and O–H groups in total. The molecule has 0 atom stereocenters. The fourth-order valence-corrected chi connectivity index (χ4v) is 11.6. The molecule has 0 bridgehead atoms. The summed E-state index contributed by atoms with van der Waals surface area (Å²) in [7, 11) is 0. The van der Waals surface area contributed by atoms with Crippen LogP contribution in [0.4, 0.5) is 17.1 Å². The summed E-state index contributed by atoms with van der Waals surface area (Å²) < 4.78 is 6.31. The first kappa shape index (κ1) is 34.4. The van der Waals surface area contributed by atoms with Crippen LogP contribution in [0.25, 0.3) is 55.6 Å². The molecule has 9 aromatic rings. The van der Waals surface area contributed by atoms with Gasteiger partial charge in [-0.05, 0) is 114 Å². The number of hydrogen-bond acceptors (Lipinski definition) is 2. The first-order chi connectivity index (χ1) is 30.0.